The van der Waals surface area contributed by atoms with Crippen LogP contribution in [-0.2, 0) is 20.7 Å². The van der Waals surface area contributed by atoms with Crippen LogP contribution in [0.2, 0.25) is 0 Å². The van der Waals surface area contributed by atoms with Crippen molar-refractivity contribution >= 4 is 11.5 Å². The molecule has 178 valence electrons. The second-order valence-corrected chi connectivity index (χ2v) is 8.19. The standard InChI is InChI=1S/C30H34O4/c1-5-32-29(30(31)33-6-2)21-24-10-16-28(17-11-24)34-19-18-23(4)25-12-14-26(15-13-25)27-9-7-8-22(3)20-27/h7-18,20,29H,5-6,19,21H2,1-4H3/t29-/m0/s1. The van der Waals surface area contributed by atoms with Crippen LogP contribution in [0.1, 0.15) is 37.5 Å². The lowest BCUT2D eigenvalue weighted by molar-refractivity contribution is -0.156. The molecular formula is C30H34O4. The van der Waals surface area contributed by atoms with E-state index in [0.29, 0.717) is 26.2 Å². The van der Waals surface area contributed by atoms with Crippen molar-refractivity contribution < 1.29 is 19.0 Å². The summed E-state index contributed by atoms with van der Waals surface area (Å²) >= 11 is 0. The van der Waals surface area contributed by atoms with Crippen LogP contribution in [0.25, 0.3) is 16.7 Å². The monoisotopic (exact) mass is 458 g/mol. The quantitative estimate of drug-likeness (QED) is 0.302. The van der Waals surface area contributed by atoms with Crippen molar-refractivity contribution in [1.29, 1.82) is 0 Å². The molecule has 0 spiro atoms. The number of hydrogen-bond donors (Lipinski definition) is 0. The Hall–Kier alpha value is -3.37. The maximum Gasteiger partial charge on any atom is 0.335 e. The Morgan fingerprint density at radius 1 is 0.912 bits per heavy atom. The topological polar surface area (TPSA) is 44.8 Å². The first-order chi connectivity index (χ1) is 16.5. The van der Waals surface area contributed by atoms with Crippen molar-refractivity contribution in [2.24, 2.45) is 0 Å². The summed E-state index contributed by atoms with van der Waals surface area (Å²) in [7, 11) is 0. The minimum Gasteiger partial charge on any atom is -0.490 e. The Morgan fingerprint density at radius 2 is 1.65 bits per heavy atom. The minimum atomic E-state index is -0.584. The number of esters is 1. The van der Waals surface area contributed by atoms with Gasteiger partial charge in [0, 0.05) is 13.0 Å². The molecule has 1 atom stereocenters. The Morgan fingerprint density at radius 3 is 2.29 bits per heavy atom. The fourth-order valence-corrected chi connectivity index (χ4v) is 3.71. The highest BCUT2D eigenvalue weighted by Gasteiger charge is 2.20. The first-order valence-corrected chi connectivity index (χ1v) is 11.8. The molecule has 34 heavy (non-hydrogen) atoms. The SMILES string of the molecule is CCOC(=O)[C@H](Cc1ccc(OCC=C(C)c2ccc(-c3cccc(C)c3)cc2)cc1)OCC. The summed E-state index contributed by atoms with van der Waals surface area (Å²) in [6, 6.07) is 24.9. The molecule has 0 N–H and O–H groups in total. The van der Waals surface area contributed by atoms with Crippen LogP contribution in [0, 0.1) is 6.92 Å². The van der Waals surface area contributed by atoms with E-state index in [1.54, 1.807) is 6.92 Å². The molecular weight excluding hydrogens is 424 g/mol. The summed E-state index contributed by atoms with van der Waals surface area (Å²) in [5.74, 6) is 0.462. The van der Waals surface area contributed by atoms with Gasteiger partial charge in [0.2, 0.25) is 0 Å². The summed E-state index contributed by atoms with van der Waals surface area (Å²) in [6.07, 6.45) is 1.98. The van der Waals surface area contributed by atoms with E-state index in [1.165, 1.54) is 27.8 Å². The van der Waals surface area contributed by atoms with E-state index in [9.17, 15) is 4.79 Å². The van der Waals surface area contributed by atoms with Gasteiger partial charge >= 0.3 is 5.97 Å². The zero-order valence-electron chi connectivity index (χ0n) is 20.5. The van der Waals surface area contributed by atoms with E-state index in [4.69, 9.17) is 14.2 Å². The summed E-state index contributed by atoms with van der Waals surface area (Å²) < 4.78 is 16.5. The molecule has 0 saturated carbocycles. The molecule has 0 aliphatic heterocycles. The first kappa shape index (κ1) is 25.3. The number of carbonyl (C=O) groups excluding carboxylic acids is 1. The number of allylic oxidation sites excluding steroid dienone is 1. The van der Waals surface area contributed by atoms with Gasteiger partial charge in [0.05, 0.1) is 6.61 Å². The molecule has 0 radical (unpaired) electrons. The lowest BCUT2D eigenvalue weighted by Gasteiger charge is -2.15. The smallest absolute Gasteiger partial charge is 0.335 e. The number of ether oxygens (including phenoxy) is 3. The van der Waals surface area contributed by atoms with Crippen molar-refractivity contribution in [1.82, 2.24) is 0 Å². The maximum atomic E-state index is 12.1. The van der Waals surface area contributed by atoms with Gasteiger partial charge in [-0.25, -0.2) is 4.79 Å². The van der Waals surface area contributed by atoms with E-state index in [-0.39, 0.29) is 5.97 Å². The van der Waals surface area contributed by atoms with E-state index in [2.05, 4.69) is 68.5 Å². The fourth-order valence-electron chi connectivity index (χ4n) is 3.71. The van der Waals surface area contributed by atoms with Crippen LogP contribution >= 0.6 is 0 Å². The summed E-state index contributed by atoms with van der Waals surface area (Å²) in [6.45, 7) is 9.16. The third-order valence-corrected chi connectivity index (χ3v) is 5.59. The zero-order valence-corrected chi connectivity index (χ0v) is 20.5. The summed E-state index contributed by atoms with van der Waals surface area (Å²) in [4.78, 5) is 12.1. The van der Waals surface area contributed by atoms with Gasteiger partial charge in [-0.1, -0.05) is 66.2 Å². The molecule has 3 rings (SSSR count). The van der Waals surface area contributed by atoms with Crippen molar-refractivity contribution in [2.75, 3.05) is 19.8 Å². The van der Waals surface area contributed by atoms with Gasteiger partial charge in [0.25, 0.3) is 0 Å². The molecule has 3 aromatic carbocycles. The highest BCUT2D eigenvalue weighted by Crippen LogP contribution is 2.23. The lowest BCUT2D eigenvalue weighted by atomic mass is 10.00. The van der Waals surface area contributed by atoms with E-state index < -0.39 is 6.10 Å². The number of carbonyl (C=O) groups is 1. The Balaban J connectivity index is 1.55. The third kappa shape index (κ3) is 7.32. The molecule has 0 aliphatic rings. The van der Waals surface area contributed by atoms with Gasteiger partial charge in [-0.15, -0.1) is 0 Å². The average molecular weight is 459 g/mol. The number of benzene rings is 3. The van der Waals surface area contributed by atoms with Gasteiger partial charge in [-0.3, -0.25) is 0 Å². The predicted octanol–water partition coefficient (Wildman–Crippen LogP) is 6.66. The molecule has 4 heteroatoms. The maximum absolute atomic E-state index is 12.1. The predicted molar refractivity (Wildman–Crippen MR) is 138 cm³/mol. The summed E-state index contributed by atoms with van der Waals surface area (Å²) in [5, 5.41) is 0. The largest absolute Gasteiger partial charge is 0.490 e. The Kier molecular flexibility index (Phi) is 9.48. The first-order valence-electron chi connectivity index (χ1n) is 11.8. The van der Waals surface area contributed by atoms with Crippen molar-refractivity contribution in [3.63, 3.8) is 0 Å². The highest BCUT2D eigenvalue weighted by atomic mass is 16.6. The second-order valence-electron chi connectivity index (χ2n) is 8.19. The number of aryl methyl sites for hydroxylation is 1. The third-order valence-electron chi connectivity index (χ3n) is 5.59. The van der Waals surface area contributed by atoms with Crippen LogP contribution in [0.15, 0.2) is 78.9 Å². The van der Waals surface area contributed by atoms with E-state index in [0.717, 1.165) is 11.3 Å². The van der Waals surface area contributed by atoms with Crippen LogP contribution in [-0.4, -0.2) is 31.9 Å². The average Bonchev–Trinajstić information content (AvgIpc) is 2.85. The lowest BCUT2D eigenvalue weighted by Crippen LogP contribution is -2.28. The molecule has 0 heterocycles. The number of hydrogen-bond acceptors (Lipinski definition) is 4. The van der Waals surface area contributed by atoms with Crippen molar-refractivity contribution in [3.05, 3.63) is 95.6 Å². The zero-order chi connectivity index (χ0) is 24.3. The minimum absolute atomic E-state index is 0.322. The normalized spacial score (nSPS) is 12.3. The Bertz CT molecular complexity index is 1080. The molecule has 0 aliphatic carbocycles. The van der Waals surface area contributed by atoms with E-state index >= 15 is 0 Å². The molecule has 0 fully saturated rings. The molecule has 0 saturated heterocycles. The van der Waals surface area contributed by atoms with Crippen molar-refractivity contribution in [2.45, 2.75) is 40.2 Å². The highest BCUT2D eigenvalue weighted by molar-refractivity contribution is 5.75. The van der Waals surface area contributed by atoms with Crippen LogP contribution in [0.3, 0.4) is 0 Å². The molecule has 0 unspecified atom stereocenters. The van der Waals surface area contributed by atoms with Crippen LogP contribution in [0.5, 0.6) is 5.75 Å². The molecule has 0 bridgehead atoms. The van der Waals surface area contributed by atoms with Gasteiger partial charge in [0.15, 0.2) is 6.10 Å². The number of rotatable bonds is 11. The van der Waals surface area contributed by atoms with Gasteiger partial charge in [-0.2, -0.15) is 0 Å². The van der Waals surface area contributed by atoms with E-state index in [1.807, 2.05) is 31.2 Å². The van der Waals surface area contributed by atoms with Gasteiger partial charge in [-0.05, 0) is 73.7 Å². The van der Waals surface area contributed by atoms with Crippen molar-refractivity contribution in [3.8, 4) is 16.9 Å². The van der Waals surface area contributed by atoms with Gasteiger partial charge in [0.1, 0.15) is 12.4 Å². The summed E-state index contributed by atoms with van der Waals surface area (Å²) in [5.41, 5.74) is 7.05. The molecule has 0 amide bonds. The van der Waals surface area contributed by atoms with Gasteiger partial charge < -0.3 is 14.2 Å². The Labute approximate surface area is 203 Å². The molecule has 4 nitrogen and oxygen atoms in total. The second kappa shape index (κ2) is 12.8. The molecule has 3 aromatic rings. The van der Waals surface area contributed by atoms with Crippen LogP contribution < -0.4 is 4.74 Å². The molecule has 0 aromatic heterocycles. The van der Waals surface area contributed by atoms with Crippen LogP contribution in [0.4, 0.5) is 0 Å². The fraction of sp³-hybridized carbons (Fsp3) is 0.300.